The van der Waals surface area contributed by atoms with Crippen molar-refractivity contribution in [1.29, 1.82) is 0 Å². The van der Waals surface area contributed by atoms with E-state index < -0.39 is 0 Å². The summed E-state index contributed by atoms with van der Waals surface area (Å²) in [4.78, 5) is 0. The molecule has 0 bridgehead atoms. The van der Waals surface area contributed by atoms with E-state index in [1.54, 1.807) is 0 Å². The fourth-order valence-electron chi connectivity index (χ4n) is 1.88. The summed E-state index contributed by atoms with van der Waals surface area (Å²) in [5.41, 5.74) is 2.11. The van der Waals surface area contributed by atoms with E-state index in [9.17, 15) is 0 Å². The summed E-state index contributed by atoms with van der Waals surface area (Å²) in [5.74, 6) is 0. The quantitative estimate of drug-likeness (QED) is 0.816. The number of hydrogen-bond acceptors (Lipinski definition) is 2. The molecular weight excluding hydrogens is 238 g/mol. The third kappa shape index (κ3) is 2.22. The topological polar surface area (TPSA) is 23.4 Å². The Morgan fingerprint density at radius 1 is 1.06 bits per heavy atom. The summed E-state index contributed by atoms with van der Waals surface area (Å²) in [5, 5.41) is 0.739. The summed E-state index contributed by atoms with van der Waals surface area (Å²) in [6, 6.07) is 9.70. The monoisotopic (exact) mass is 249 g/mol. The molecule has 0 unspecified atom stereocenters. The van der Waals surface area contributed by atoms with Gasteiger partial charge in [0, 0.05) is 28.7 Å². The molecule has 1 aromatic heterocycles. The van der Waals surface area contributed by atoms with Gasteiger partial charge in [0.05, 0.1) is 13.2 Å². The molecule has 88 valence electrons. The molecule has 0 spiro atoms. The molecule has 0 aliphatic carbocycles. The second kappa shape index (κ2) is 4.53. The SMILES string of the molecule is Clc1ccc(-n2ccc(C3OCCO3)c2)cc1. The molecule has 2 heterocycles. The van der Waals surface area contributed by atoms with E-state index in [2.05, 4.69) is 0 Å². The lowest BCUT2D eigenvalue weighted by Gasteiger charge is -2.06. The molecule has 1 saturated heterocycles. The Morgan fingerprint density at radius 2 is 1.76 bits per heavy atom. The number of ether oxygens (including phenoxy) is 2. The first-order valence-corrected chi connectivity index (χ1v) is 5.88. The minimum absolute atomic E-state index is 0.219. The molecule has 3 rings (SSSR count). The van der Waals surface area contributed by atoms with Crippen LogP contribution in [-0.2, 0) is 9.47 Å². The molecule has 0 saturated carbocycles. The Kier molecular flexibility index (Phi) is 2.89. The molecule has 0 atom stereocenters. The molecule has 0 amide bonds. The summed E-state index contributed by atoms with van der Waals surface area (Å²) >= 11 is 5.86. The Bertz CT molecular complexity index is 500. The van der Waals surface area contributed by atoms with Crippen molar-refractivity contribution in [2.75, 3.05) is 13.2 Å². The standard InChI is InChI=1S/C13H12ClNO2/c14-11-1-3-12(4-2-11)15-6-5-10(9-15)13-16-7-8-17-13/h1-6,9,13H,7-8H2. The molecule has 17 heavy (non-hydrogen) atoms. The molecule has 1 aromatic carbocycles. The second-order valence-corrected chi connectivity index (χ2v) is 4.34. The van der Waals surface area contributed by atoms with Gasteiger partial charge in [-0.15, -0.1) is 0 Å². The number of aromatic nitrogens is 1. The van der Waals surface area contributed by atoms with Gasteiger partial charge in [0.15, 0.2) is 6.29 Å². The van der Waals surface area contributed by atoms with Crippen LogP contribution in [0.1, 0.15) is 11.9 Å². The third-order valence-corrected chi connectivity index (χ3v) is 2.99. The smallest absolute Gasteiger partial charge is 0.185 e. The molecular formula is C13H12ClNO2. The van der Waals surface area contributed by atoms with Gasteiger partial charge in [-0.2, -0.15) is 0 Å². The van der Waals surface area contributed by atoms with E-state index in [1.807, 2.05) is 47.3 Å². The third-order valence-electron chi connectivity index (χ3n) is 2.73. The largest absolute Gasteiger partial charge is 0.346 e. The first kappa shape index (κ1) is 10.8. The number of hydrogen-bond donors (Lipinski definition) is 0. The van der Waals surface area contributed by atoms with Gasteiger partial charge in [0.25, 0.3) is 0 Å². The second-order valence-electron chi connectivity index (χ2n) is 3.90. The summed E-state index contributed by atoms with van der Waals surface area (Å²) in [7, 11) is 0. The van der Waals surface area contributed by atoms with Crippen LogP contribution in [0.15, 0.2) is 42.7 Å². The summed E-state index contributed by atoms with van der Waals surface area (Å²) < 4.78 is 12.9. The minimum Gasteiger partial charge on any atom is -0.346 e. The van der Waals surface area contributed by atoms with Gasteiger partial charge in [-0.3, -0.25) is 0 Å². The lowest BCUT2D eigenvalue weighted by Crippen LogP contribution is -1.96. The van der Waals surface area contributed by atoms with Crippen LogP contribution in [-0.4, -0.2) is 17.8 Å². The average Bonchev–Trinajstić information content (AvgIpc) is 3.00. The molecule has 0 radical (unpaired) electrons. The molecule has 3 nitrogen and oxygen atoms in total. The van der Waals surface area contributed by atoms with Gasteiger partial charge < -0.3 is 14.0 Å². The van der Waals surface area contributed by atoms with Crippen LogP contribution in [0.25, 0.3) is 5.69 Å². The van der Waals surface area contributed by atoms with Crippen LogP contribution in [0.3, 0.4) is 0 Å². The van der Waals surface area contributed by atoms with Crippen LogP contribution in [0.4, 0.5) is 0 Å². The van der Waals surface area contributed by atoms with Crippen LogP contribution >= 0.6 is 11.6 Å². The van der Waals surface area contributed by atoms with Crippen molar-refractivity contribution in [3.8, 4) is 5.69 Å². The minimum atomic E-state index is -0.219. The average molecular weight is 250 g/mol. The maximum Gasteiger partial charge on any atom is 0.185 e. The van der Waals surface area contributed by atoms with E-state index in [0.29, 0.717) is 13.2 Å². The normalized spacial score (nSPS) is 16.5. The first-order valence-electron chi connectivity index (χ1n) is 5.50. The lowest BCUT2D eigenvalue weighted by atomic mass is 10.3. The molecule has 4 heteroatoms. The number of benzene rings is 1. The van der Waals surface area contributed by atoms with E-state index >= 15 is 0 Å². The Balaban J connectivity index is 1.86. The Hall–Kier alpha value is -1.29. The number of rotatable bonds is 2. The zero-order valence-corrected chi connectivity index (χ0v) is 9.93. The predicted molar refractivity (Wildman–Crippen MR) is 65.4 cm³/mol. The number of nitrogens with zero attached hydrogens (tertiary/aromatic N) is 1. The highest BCUT2D eigenvalue weighted by atomic mass is 35.5. The Labute approximate surface area is 105 Å². The highest BCUT2D eigenvalue weighted by Gasteiger charge is 2.19. The molecule has 2 aromatic rings. The maximum atomic E-state index is 5.86. The van der Waals surface area contributed by atoms with Crippen molar-refractivity contribution < 1.29 is 9.47 Å². The van der Waals surface area contributed by atoms with E-state index in [1.165, 1.54) is 0 Å². The number of halogens is 1. The van der Waals surface area contributed by atoms with Crippen molar-refractivity contribution in [3.63, 3.8) is 0 Å². The van der Waals surface area contributed by atoms with Gasteiger partial charge in [-0.1, -0.05) is 11.6 Å². The van der Waals surface area contributed by atoms with Gasteiger partial charge >= 0.3 is 0 Å². The van der Waals surface area contributed by atoms with Gasteiger partial charge in [0.2, 0.25) is 0 Å². The molecule has 1 aliphatic rings. The van der Waals surface area contributed by atoms with E-state index in [0.717, 1.165) is 16.3 Å². The van der Waals surface area contributed by atoms with Gasteiger partial charge in [-0.05, 0) is 30.3 Å². The highest BCUT2D eigenvalue weighted by Crippen LogP contribution is 2.24. The van der Waals surface area contributed by atoms with Crippen molar-refractivity contribution in [1.82, 2.24) is 4.57 Å². The van der Waals surface area contributed by atoms with E-state index in [4.69, 9.17) is 21.1 Å². The van der Waals surface area contributed by atoms with Gasteiger partial charge in [-0.25, -0.2) is 0 Å². The van der Waals surface area contributed by atoms with Crippen LogP contribution in [0.2, 0.25) is 5.02 Å². The molecule has 0 N–H and O–H groups in total. The first-order chi connectivity index (χ1) is 8.33. The van der Waals surface area contributed by atoms with E-state index in [-0.39, 0.29) is 6.29 Å². The van der Waals surface area contributed by atoms with Crippen molar-refractivity contribution in [2.24, 2.45) is 0 Å². The van der Waals surface area contributed by atoms with Crippen molar-refractivity contribution in [3.05, 3.63) is 53.3 Å². The van der Waals surface area contributed by atoms with Crippen LogP contribution in [0, 0.1) is 0 Å². The fourth-order valence-corrected chi connectivity index (χ4v) is 2.00. The van der Waals surface area contributed by atoms with Crippen molar-refractivity contribution >= 4 is 11.6 Å². The van der Waals surface area contributed by atoms with Crippen LogP contribution < -0.4 is 0 Å². The summed E-state index contributed by atoms with van der Waals surface area (Å²) in [6.07, 6.45) is 3.78. The van der Waals surface area contributed by atoms with Crippen LogP contribution in [0.5, 0.6) is 0 Å². The fraction of sp³-hybridized carbons (Fsp3) is 0.231. The Morgan fingerprint density at radius 3 is 2.47 bits per heavy atom. The molecule has 1 fully saturated rings. The zero-order chi connectivity index (χ0) is 11.7. The van der Waals surface area contributed by atoms with Crippen molar-refractivity contribution in [2.45, 2.75) is 6.29 Å². The highest BCUT2D eigenvalue weighted by molar-refractivity contribution is 6.30. The maximum absolute atomic E-state index is 5.86. The lowest BCUT2D eigenvalue weighted by molar-refractivity contribution is -0.0440. The zero-order valence-electron chi connectivity index (χ0n) is 9.17. The summed E-state index contributed by atoms with van der Waals surface area (Å²) in [6.45, 7) is 1.33. The van der Waals surface area contributed by atoms with Gasteiger partial charge in [0.1, 0.15) is 0 Å². The predicted octanol–water partition coefficient (Wildman–Crippen LogP) is 3.18. The molecule has 1 aliphatic heterocycles.